The summed E-state index contributed by atoms with van der Waals surface area (Å²) in [6.45, 7) is 1.25. The van der Waals surface area contributed by atoms with Crippen LogP contribution in [0, 0.1) is 0 Å². The molecule has 0 radical (unpaired) electrons. The number of benzene rings is 2. The molecule has 0 aliphatic carbocycles. The van der Waals surface area contributed by atoms with Gasteiger partial charge < -0.3 is 19.5 Å². The third-order valence-corrected chi connectivity index (χ3v) is 4.33. The van der Waals surface area contributed by atoms with Crippen molar-refractivity contribution >= 4 is 38.3 Å². The molecule has 0 bridgehead atoms. The van der Waals surface area contributed by atoms with E-state index in [2.05, 4.69) is 31.2 Å². The van der Waals surface area contributed by atoms with Crippen molar-refractivity contribution in [2.75, 3.05) is 25.6 Å². The number of nitrogens with zero attached hydrogens (tertiary/aromatic N) is 2. The molecule has 1 fully saturated rings. The van der Waals surface area contributed by atoms with E-state index in [1.165, 1.54) is 6.33 Å². The molecule has 1 aromatic heterocycles. The lowest BCUT2D eigenvalue weighted by Crippen LogP contribution is -2.05. The Morgan fingerprint density at radius 3 is 2.88 bits per heavy atom. The van der Waals surface area contributed by atoms with Crippen molar-refractivity contribution in [3.63, 3.8) is 0 Å². The molecule has 25 heavy (non-hydrogen) atoms. The Morgan fingerprint density at radius 2 is 2.12 bits per heavy atom. The number of methoxy groups -OCH3 is 1. The fourth-order valence-corrected chi connectivity index (χ4v) is 2.89. The van der Waals surface area contributed by atoms with Crippen molar-refractivity contribution in [1.82, 2.24) is 9.97 Å². The normalized spacial score (nSPS) is 15.8. The first-order valence-electron chi connectivity index (χ1n) is 7.82. The maximum Gasteiger partial charge on any atom is 0.162 e. The first kappa shape index (κ1) is 16.1. The summed E-state index contributed by atoms with van der Waals surface area (Å²) in [5.41, 5.74) is 1.71. The Hall–Kier alpha value is -2.38. The number of aromatic nitrogens is 2. The van der Waals surface area contributed by atoms with E-state index in [1.807, 2.05) is 36.4 Å². The fraction of sp³-hybridized carbons (Fsp3) is 0.222. The molecule has 0 amide bonds. The van der Waals surface area contributed by atoms with E-state index in [-0.39, 0.29) is 6.10 Å². The van der Waals surface area contributed by atoms with Gasteiger partial charge in [-0.1, -0.05) is 22.0 Å². The van der Waals surface area contributed by atoms with E-state index in [1.54, 1.807) is 7.11 Å². The molecular formula is C18H16BrN3O3. The van der Waals surface area contributed by atoms with Crippen LogP contribution in [-0.4, -0.2) is 36.4 Å². The summed E-state index contributed by atoms with van der Waals surface area (Å²) < 4.78 is 17.5. The zero-order valence-electron chi connectivity index (χ0n) is 13.5. The third kappa shape index (κ3) is 3.67. The number of hydrogen-bond donors (Lipinski definition) is 1. The van der Waals surface area contributed by atoms with Crippen LogP contribution in [0.3, 0.4) is 0 Å². The van der Waals surface area contributed by atoms with E-state index in [9.17, 15) is 0 Å². The van der Waals surface area contributed by atoms with Crippen LogP contribution < -0.4 is 14.8 Å². The SMILES string of the molecule is COc1cc2ncnc(Nc3cccc(Br)c3)c2cc1OCC1CO1. The molecule has 128 valence electrons. The van der Waals surface area contributed by atoms with Gasteiger partial charge in [-0.05, 0) is 24.3 Å². The standard InChI is InChI=1S/C18H16BrN3O3/c1-23-16-7-15-14(6-17(16)25-9-13-8-24-13)18(21-10-20-15)22-12-4-2-3-11(19)5-12/h2-7,10,13H,8-9H2,1H3,(H,20,21,22). The fourth-order valence-electron chi connectivity index (χ4n) is 2.49. The van der Waals surface area contributed by atoms with Gasteiger partial charge in [0.25, 0.3) is 0 Å². The minimum atomic E-state index is 0.173. The monoisotopic (exact) mass is 401 g/mol. The van der Waals surface area contributed by atoms with Crippen LogP contribution in [0.1, 0.15) is 0 Å². The van der Waals surface area contributed by atoms with E-state index >= 15 is 0 Å². The Kier molecular flexibility index (Phi) is 4.42. The lowest BCUT2D eigenvalue weighted by Gasteiger charge is -2.13. The molecule has 2 heterocycles. The molecule has 1 aliphatic heterocycles. The highest BCUT2D eigenvalue weighted by atomic mass is 79.9. The first-order chi connectivity index (χ1) is 12.2. The second kappa shape index (κ2) is 6.85. The van der Waals surface area contributed by atoms with Crippen molar-refractivity contribution in [3.05, 3.63) is 47.2 Å². The summed E-state index contributed by atoms with van der Waals surface area (Å²) in [5, 5.41) is 4.18. The Labute approximate surface area is 153 Å². The van der Waals surface area contributed by atoms with Gasteiger partial charge >= 0.3 is 0 Å². The van der Waals surface area contributed by atoms with Crippen LogP contribution in [0.15, 0.2) is 47.2 Å². The van der Waals surface area contributed by atoms with Crippen molar-refractivity contribution in [1.29, 1.82) is 0 Å². The number of hydrogen-bond acceptors (Lipinski definition) is 6. The molecule has 1 aliphatic rings. The number of epoxide rings is 1. The summed E-state index contributed by atoms with van der Waals surface area (Å²) in [6.07, 6.45) is 1.70. The average Bonchev–Trinajstić information content (AvgIpc) is 3.44. The predicted octanol–water partition coefficient (Wildman–Crippen LogP) is 3.92. The van der Waals surface area contributed by atoms with Crippen molar-refractivity contribution in [2.24, 2.45) is 0 Å². The topological polar surface area (TPSA) is 68.8 Å². The lowest BCUT2D eigenvalue weighted by molar-refractivity contribution is 0.252. The Balaban J connectivity index is 1.71. The number of fused-ring (bicyclic) bond motifs is 1. The second-order valence-corrected chi connectivity index (χ2v) is 6.56. The van der Waals surface area contributed by atoms with Crippen LogP contribution in [0.25, 0.3) is 10.9 Å². The van der Waals surface area contributed by atoms with E-state index in [0.717, 1.165) is 27.7 Å². The molecule has 4 rings (SSSR count). The molecule has 1 saturated heterocycles. The van der Waals surface area contributed by atoms with Crippen LogP contribution in [0.4, 0.5) is 11.5 Å². The van der Waals surface area contributed by atoms with E-state index < -0.39 is 0 Å². The van der Waals surface area contributed by atoms with Crippen LogP contribution >= 0.6 is 15.9 Å². The highest BCUT2D eigenvalue weighted by molar-refractivity contribution is 9.10. The predicted molar refractivity (Wildman–Crippen MR) is 98.7 cm³/mol. The van der Waals surface area contributed by atoms with Gasteiger partial charge in [-0.25, -0.2) is 9.97 Å². The Bertz CT molecular complexity index is 915. The molecule has 1 N–H and O–H groups in total. The number of ether oxygens (including phenoxy) is 3. The molecule has 1 atom stereocenters. The number of anilines is 2. The second-order valence-electron chi connectivity index (χ2n) is 5.64. The van der Waals surface area contributed by atoms with Gasteiger partial charge in [0.05, 0.1) is 19.2 Å². The maximum absolute atomic E-state index is 5.84. The molecule has 6 nitrogen and oxygen atoms in total. The molecule has 2 aromatic carbocycles. The zero-order valence-corrected chi connectivity index (χ0v) is 15.1. The number of nitrogens with one attached hydrogen (secondary N) is 1. The highest BCUT2D eigenvalue weighted by Gasteiger charge is 2.24. The van der Waals surface area contributed by atoms with Crippen molar-refractivity contribution in [3.8, 4) is 11.5 Å². The van der Waals surface area contributed by atoms with Crippen molar-refractivity contribution < 1.29 is 14.2 Å². The van der Waals surface area contributed by atoms with E-state index in [0.29, 0.717) is 23.9 Å². The third-order valence-electron chi connectivity index (χ3n) is 3.84. The average molecular weight is 402 g/mol. The zero-order chi connectivity index (χ0) is 17.2. The largest absolute Gasteiger partial charge is 0.493 e. The minimum absolute atomic E-state index is 0.173. The summed E-state index contributed by atoms with van der Waals surface area (Å²) in [7, 11) is 1.61. The molecule has 1 unspecified atom stereocenters. The van der Waals surface area contributed by atoms with Crippen molar-refractivity contribution in [2.45, 2.75) is 6.10 Å². The van der Waals surface area contributed by atoms with Gasteiger partial charge in [-0.3, -0.25) is 0 Å². The minimum Gasteiger partial charge on any atom is -0.493 e. The summed E-state index contributed by atoms with van der Waals surface area (Å²) in [5.74, 6) is 2.00. The summed E-state index contributed by atoms with van der Waals surface area (Å²) in [6, 6.07) is 11.6. The highest BCUT2D eigenvalue weighted by Crippen LogP contribution is 2.35. The van der Waals surface area contributed by atoms with Gasteiger partial charge in [-0.15, -0.1) is 0 Å². The summed E-state index contributed by atoms with van der Waals surface area (Å²) in [4.78, 5) is 8.72. The molecule has 7 heteroatoms. The quantitative estimate of drug-likeness (QED) is 0.631. The van der Waals surface area contributed by atoms with Gasteiger partial charge in [0, 0.05) is 21.6 Å². The van der Waals surface area contributed by atoms with Gasteiger partial charge in [-0.2, -0.15) is 0 Å². The summed E-state index contributed by atoms with van der Waals surface area (Å²) >= 11 is 3.47. The van der Waals surface area contributed by atoms with Gasteiger partial charge in [0.1, 0.15) is 24.9 Å². The number of halogens is 1. The van der Waals surface area contributed by atoms with Crippen LogP contribution in [0.5, 0.6) is 11.5 Å². The van der Waals surface area contributed by atoms with Crippen LogP contribution in [-0.2, 0) is 4.74 Å². The maximum atomic E-state index is 5.84. The van der Waals surface area contributed by atoms with Gasteiger partial charge in [0.2, 0.25) is 0 Å². The molecule has 0 spiro atoms. The molecule has 3 aromatic rings. The van der Waals surface area contributed by atoms with E-state index in [4.69, 9.17) is 14.2 Å². The van der Waals surface area contributed by atoms with Gasteiger partial charge in [0.15, 0.2) is 11.5 Å². The molecular weight excluding hydrogens is 386 g/mol. The van der Waals surface area contributed by atoms with Crippen LogP contribution in [0.2, 0.25) is 0 Å². The Morgan fingerprint density at radius 1 is 1.24 bits per heavy atom. The molecule has 0 saturated carbocycles. The smallest absolute Gasteiger partial charge is 0.162 e. The first-order valence-corrected chi connectivity index (χ1v) is 8.62. The lowest BCUT2D eigenvalue weighted by atomic mass is 10.2. The number of rotatable bonds is 6.